The van der Waals surface area contributed by atoms with Crippen molar-refractivity contribution in [2.75, 3.05) is 21.3 Å². The first-order valence-corrected chi connectivity index (χ1v) is 9.05. The fourth-order valence-corrected chi connectivity index (χ4v) is 3.24. The van der Waals surface area contributed by atoms with Crippen molar-refractivity contribution in [3.05, 3.63) is 70.8 Å². The normalized spacial score (nSPS) is 10.6. The highest BCUT2D eigenvalue weighted by Gasteiger charge is 2.14. The zero-order valence-corrected chi connectivity index (χ0v) is 16.6. The average molecular weight is 396 g/mol. The van der Waals surface area contributed by atoms with Gasteiger partial charge in [0.05, 0.1) is 21.3 Å². The Balaban J connectivity index is 1.94. The molecule has 0 saturated heterocycles. The van der Waals surface area contributed by atoms with Crippen molar-refractivity contribution in [2.24, 2.45) is 0 Å². The lowest BCUT2D eigenvalue weighted by atomic mass is 9.97. The Bertz CT molecular complexity index is 1010. The van der Waals surface area contributed by atoms with Crippen LogP contribution < -0.4 is 14.2 Å². The van der Waals surface area contributed by atoms with Crippen LogP contribution in [0.2, 0.25) is 0 Å². The minimum Gasteiger partial charge on any atom is -0.504 e. The molecule has 0 aliphatic carbocycles. The van der Waals surface area contributed by atoms with Crippen molar-refractivity contribution in [3.8, 4) is 34.5 Å². The van der Waals surface area contributed by atoms with E-state index in [2.05, 4.69) is 0 Å². The molecule has 3 aromatic carbocycles. The SMILES string of the molecule is COc1cc(Cc2cc(Cc3ccc(O)c(OC)c3)c(O)c(OC)c2)ccc1O. The van der Waals surface area contributed by atoms with E-state index in [4.69, 9.17) is 14.2 Å². The van der Waals surface area contributed by atoms with Crippen LogP contribution in [-0.2, 0) is 12.8 Å². The number of phenols is 3. The second-order valence-corrected chi connectivity index (χ2v) is 6.67. The molecule has 0 radical (unpaired) electrons. The molecule has 3 aromatic rings. The van der Waals surface area contributed by atoms with Gasteiger partial charge in [-0.2, -0.15) is 0 Å². The van der Waals surface area contributed by atoms with Crippen molar-refractivity contribution >= 4 is 0 Å². The van der Waals surface area contributed by atoms with Crippen LogP contribution >= 0.6 is 0 Å². The molecule has 0 unspecified atom stereocenters. The van der Waals surface area contributed by atoms with E-state index in [-0.39, 0.29) is 17.2 Å². The molecule has 0 spiro atoms. The molecule has 0 heterocycles. The fourth-order valence-electron chi connectivity index (χ4n) is 3.24. The van der Waals surface area contributed by atoms with Crippen LogP contribution in [0.15, 0.2) is 48.5 Å². The summed E-state index contributed by atoms with van der Waals surface area (Å²) in [6.07, 6.45) is 1.00. The number of hydrogen-bond acceptors (Lipinski definition) is 6. The van der Waals surface area contributed by atoms with Crippen LogP contribution in [0, 0.1) is 0 Å². The molecule has 6 nitrogen and oxygen atoms in total. The molecular weight excluding hydrogens is 372 g/mol. The number of benzene rings is 3. The fraction of sp³-hybridized carbons (Fsp3) is 0.217. The monoisotopic (exact) mass is 396 g/mol. The molecule has 3 rings (SSSR count). The van der Waals surface area contributed by atoms with Gasteiger partial charge in [-0.05, 0) is 53.4 Å². The van der Waals surface area contributed by atoms with Crippen LogP contribution in [0.4, 0.5) is 0 Å². The average Bonchev–Trinajstić information content (AvgIpc) is 2.72. The van der Waals surface area contributed by atoms with Crippen molar-refractivity contribution < 1.29 is 29.5 Å². The summed E-state index contributed by atoms with van der Waals surface area (Å²) in [5.41, 5.74) is 3.45. The molecule has 0 atom stereocenters. The maximum absolute atomic E-state index is 10.6. The summed E-state index contributed by atoms with van der Waals surface area (Å²) in [6.45, 7) is 0. The molecule has 29 heavy (non-hydrogen) atoms. The number of hydrogen-bond donors (Lipinski definition) is 3. The third-order valence-electron chi connectivity index (χ3n) is 4.72. The molecule has 0 bridgehead atoms. The molecule has 6 heteroatoms. The number of ether oxygens (including phenoxy) is 3. The maximum Gasteiger partial charge on any atom is 0.161 e. The van der Waals surface area contributed by atoms with Gasteiger partial charge in [-0.25, -0.2) is 0 Å². The Kier molecular flexibility index (Phi) is 6.02. The molecule has 0 fully saturated rings. The minimum absolute atomic E-state index is 0.0630. The van der Waals surface area contributed by atoms with Crippen LogP contribution in [-0.4, -0.2) is 36.6 Å². The van der Waals surface area contributed by atoms with E-state index >= 15 is 0 Å². The number of rotatable bonds is 7. The van der Waals surface area contributed by atoms with Crippen molar-refractivity contribution in [1.82, 2.24) is 0 Å². The number of phenolic OH excluding ortho intramolecular Hbond substituents is 3. The molecule has 0 saturated carbocycles. The van der Waals surface area contributed by atoms with E-state index in [1.54, 1.807) is 36.4 Å². The summed E-state index contributed by atoms with van der Waals surface area (Å²) in [4.78, 5) is 0. The van der Waals surface area contributed by atoms with E-state index < -0.39 is 0 Å². The highest BCUT2D eigenvalue weighted by Crippen LogP contribution is 2.36. The molecule has 0 aromatic heterocycles. The van der Waals surface area contributed by atoms with E-state index in [9.17, 15) is 15.3 Å². The van der Waals surface area contributed by atoms with Crippen molar-refractivity contribution in [2.45, 2.75) is 12.8 Å². The summed E-state index contributed by atoms with van der Waals surface area (Å²) >= 11 is 0. The van der Waals surface area contributed by atoms with E-state index in [1.807, 2.05) is 12.1 Å². The van der Waals surface area contributed by atoms with Gasteiger partial charge >= 0.3 is 0 Å². The summed E-state index contributed by atoms with van der Waals surface area (Å²) in [7, 11) is 4.51. The Morgan fingerprint density at radius 1 is 0.586 bits per heavy atom. The molecule has 3 N–H and O–H groups in total. The second kappa shape index (κ2) is 8.65. The smallest absolute Gasteiger partial charge is 0.161 e. The van der Waals surface area contributed by atoms with E-state index in [0.29, 0.717) is 35.7 Å². The quantitative estimate of drug-likeness (QED) is 0.559. The first-order valence-electron chi connectivity index (χ1n) is 9.05. The van der Waals surface area contributed by atoms with Gasteiger partial charge in [-0.3, -0.25) is 0 Å². The lowest BCUT2D eigenvalue weighted by molar-refractivity contribution is 0.370. The first kappa shape index (κ1) is 20.2. The van der Waals surface area contributed by atoms with Crippen LogP contribution in [0.5, 0.6) is 34.5 Å². The van der Waals surface area contributed by atoms with Crippen molar-refractivity contribution in [1.29, 1.82) is 0 Å². The molecular formula is C23H24O6. The van der Waals surface area contributed by atoms with Gasteiger partial charge in [0.25, 0.3) is 0 Å². The van der Waals surface area contributed by atoms with E-state index in [0.717, 1.165) is 16.7 Å². The summed E-state index contributed by atoms with van der Waals surface area (Å²) in [5, 5.41) is 30.2. The lowest BCUT2D eigenvalue weighted by Crippen LogP contribution is -1.97. The summed E-state index contributed by atoms with van der Waals surface area (Å²) in [5.74, 6) is 1.39. The zero-order chi connectivity index (χ0) is 21.0. The Morgan fingerprint density at radius 2 is 1.07 bits per heavy atom. The van der Waals surface area contributed by atoms with Gasteiger partial charge < -0.3 is 29.5 Å². The molecule has 0 amide bonds. The largest absolute Gasteiger partial charge is 0.504 e. The maximum atomic E-state index is 10.6. The number of methoxy groups -OCH3 is 3. The van der Waals surface area contributed by atoms with Crippen LogP contribution in [0.3, 0.4) is 0 Å². The second-order valence-electron chi connectivity index (χ2n) is 6.67. The van der Waals surface area contributed by atoms with Gasteiger partial charge in [0.2, 0.25) is 0 Å². The van der Waals surface area contributed by atoms with E-state index in [1.165, 1.54) is 21.3 Å². The minimum atomic E-state index is 0.0630. The Morgan fingerprint density at radius 3 is 1.59 bits per heavy atom. The predicted octanol–water partition coefficient (Wildman–Crippen LogP) is 4.01. The van der Waals surface area contributed by atoms with Gasteiger partial charge in [0.15, 0.2) is 34.5 Å². The standard InChI is InChI=1S/C23H24O6/c1-27-20-11-14(4-6-18(20)24)8-16-10-17(23(26)22(13-16)29-3)9-15-5-7-19(25)21(12-15)28-2/h4-7,10-13,24-26H,8-9H2,1-3H3. The van der Waals surface area contributed by atoms with Crippen molar-refractivity contribution in [3.63, 3.8) is 0 Å². The summed E-state index contributed by atoms with van der Waals surface area (Å²) in [6, 6.07) is 14.0. The van der Waals surface area contributed by atoms with Gasteiger partial charge in [-0.1, -0.05) is 18.2 Å². The van der Waals surface area contributed by atoms with Crippen LogP contribution in [0.1, 0.15) is 22.3 Å². The number of aromatic hydroxyl groups is 3. The third-order valence-corrected chi connectivity index (χ3v) is 4.72. The third kappa shape index (κ3) is 4.48. The van der Waals surface area contributed by atoms with Crippen LogP contribution in [0.25, 0.3) is 0 Å². The molecule has 0 aliphatic rings. The highest BCUT2D eigenvalue weighted by atomic mass is 16.5. The van der Waals surface area contributed by atoms with Gasteiger partial charge in [0.1, 0.15) is 0 Å². The topological polar surface area (TPSA) is 88.4 Å². The summed E-state index contributed by atoms with van der Waals surface area (Å²) < 4.78 is 15.7. The molecule has 0 aliphatic heterocycles. The highest BCUT2D eigenvalue weighted by molar-refractivity contribution is 5.53. The molecule has 152 valence electrons. The predicted molar refractivity (Wildman–Crippen MR) is 110 cm³/mol. The van der Waals surface area contributed by atoms with Gasteiger partial charge in [-0.15, -0.1) is 0 Å². The Hall–Kier alpha value is -3.54. The zero-order valence-electron chi connectivity index (χ0n) is 16.6. The Labute approximate surface area is 169 Å². The lowest BCUT2D eigenvalue weighted by Gasteiger charge is -2.14. The first-order chi connectivity index (χ1) is 13.9. The van der Waals surface area contributed by atoms with Gasteiger partial charge in [0, 0.05) is 12.0 Å².